The average Bonchev–Trinajstić information content (AvgIpc) is 3.16. The Morgan fingerprint density at radius 2 is 1.60 bits per heavy atom. The van der Waals surface area contributed by atoms with Crippen LogP contribution in [0.25, 0.3) is 17.1 Å². The lowest BCUT2D eigenvalue weighted by molar-refractivity contribution is 0.101. The van der Waals surface area contributed by atoms with E-state index in [1.165, 1.54) is 0 Å². The van der Waals surface area contributed by atoms with E-state index in [2.05, 4.69) is 35.3 Å². The number of hydrogen-bond acceptors (Lipinski definition) is 3. The fraction of sp³-hybridized carbons (Fsp3) is 0.160. The van der Waals surface area contributed by atoms with E-state index in [0.29, 0.717) is 5.82 Å². The summed E-state index contributed by atoms with van der Waals surface area (Å²) in [4.78, 5) is 17.5. The summed E-state index contributed by atoms with van der Waals surface area (Å²) < 4.78 is 1.76. The Balaban J connectivity index is 1.80. The summed E-state index contributed by atoms with van der Waals surface area (Å²) >= 11 is 0. The molecule has 1 heterocycles. The lowest BCUT2D eigenvalue weighted by atomic mass is 10.1. The Bertz CT molecular complexity index is 1220. The van der Waals surface area contributed by atoms with Gasteiger partial charge in [-0.15, -0.1) is 5.10 Å². The maximum atomic E-state index is 12.9. The van der Waals surface area contributed by atoms with Gasteiger partial charge in [0.05, 0.1) is 5.69 Å². The molecule has 0 aliphatic heterocycles. The highest BCUT2D eigenvalue weighted by atomic mass is 16.2. The van der Waals surface area contributed by atoms with Crippen LogP contribution in [0, 0.1) is 27.7 Å². The number of carbonyl (C=O) groups is 1. The number of rotatable bonds is 4. The van der Waals surface area contributed by atoms with E-state index in [1.54, 1.807) is 4.68 Å². The third-order valence-corrected chi connectivity index (χ3v) is 5.20. The van der Waals surface area contributed by atoms with E-state index in [-0.39, 0.29) is 11.7 Å². The van der Waals surface area contributed by atoms with Crippen LogP contribution in [-0.2, 0) is 0 Å². The molecule has 0 aliphatic carbocycles. The number of nitrogens with one attached hydrogen (secondary N) is 1. The SMILES string of the molecule is Cc1ccc(-c2nc(C(=O)Nc3cccc(C)c3)nn2-c2cccc(C)c2C)cc1. The molecule has 5 nitrogen and oxygen atoms in total. The molecule has 0 bridgehead atoms. The maximum absolute atomic E-state index is 12.9. The first-order chi connectivity index (χ1) is 14.4. The van der Waals surface area contributed by atoms with Crippen molar-refractivity contribution < 1.29 is 4.79 Å². The second-order valence-corrected chi connectivity index (χ2v) is 7.58. The molecule has 3 aromatic carbocycles. The summed E-state index contributed by atoms with van der Waals surface area (Å²) in [5.74, 6) is 0.434. The lowest BCUT2D eigenvalue weighted by Crippen LogP contribution is -2.14. The summed E-state index contributed by atoms with van der Waals surface area (Å²) in [6.45, 7) is 8.14. The van der Waals surface area contributed by atoms with Crippen LogP contribution in [0.4, 0.5) is 5.69 Å². The van der Waals surface area contributed by atoms with E-state index in [9.17, 15) is 4.79 Å². The van der Waals surface area contributed by atoms with Crippen molar-refractivity contribution in [3.05, 3.63) is 94.8 Å². The number of carbonyl (C=O) groups excluding carboxylic acids is 1. The number of anilines is 1. The normalized spacial score (nSPS) is 10.8. The van der Waals surface area contributed by atoms with Gasteiger partial charge in [-0.05, 0) is 62.6 Å². The number of amides is 1. The molecule has 0 aliphatic rings. The van der Waals surface area contributed by atoms with Crippen LogP contribution in [0.5, 0.6) is 0 Å². The van der Waals surface area contributed by atoms with Crippen LogP contribution in [0.1, 0.15) is 32.9 Å². The van der Waals surface area contributed by atoms with Crippen molar-refractivity contribution in [1.29, 1.82) is 0 Å². The molecule has 0 fully saturated rings. The molecule has 0 atom stereocenters. The molecular weight excluding hydrogens is 372 g/mol. The zero-order valence-corrected chi connectivity index (χ0v) is 17.6. The molecule has 1 amide bonds. The van der Waals surface area contributed by atoms with Gasteiger partial charge in [-0.25, -0.2) is 9.67 Å². The highest BCUT2D eigenvalue weighted by Gasteiger charge is 2.20. The first-order valence-corrected chi connectivity index (χ1v) is 9.91. The van der Waals surface area contributed by atoms with Gasteiger partial charge in [-0.3, -0.25) is 4.79 Å². The first kappa shape index (κ1) is 19.6. The number of nitrogens with zero attached hydrogens (tertiary/aromatic N) is 3. The molecular formula is C25H24N4O. The Kier molecular flexibility index (Phi) is 5.19. The van der Waals surface area contributed by atoms with Crippen LogP contribution in [0.15, 0.2) is 66.7 Å². The van der Waals surface area contributed by atoms with Crippen LogP contribution in [0.2, 0.25) is 0 Å². The molecule has 0 spiro atoms. The molecule has 150 valence electrons. The van der Waals surface area contributed by atoms with E-state index in [1.807, 2.05) is 74.5 Å². The fourth-order valence-corrected chi connectivity index (χ4v) is 3.34. The molecule has 0 unspecified atom stereocenters. The van der Waals surface area contributed by atoms with Gasteiger partial charge in [0.1, 0.15) is 0 Å². The molecule has 4 aromatic rings. The van der Waals surface area contributed by atoms with E-state index >= 15 is 0 Å². The Morgan fingerprint density at radius 1 is 0.867 bits per heavy atom. The quantitative estimate of drug-likeness (QED) is 0.501. The first-order valence-electron chi connectivity index (χ1n) is 9.91. The second-order valence-electron chi connectivity index (χ2n) is 7.58. The minimum atomic E-state index is -0.335. The van der Waals surface area contributed by atoms with Gasteiger partial charge in [0.2, 0.25) is 5.82 Å². The van der Waals surface area contributed by atoms with Gasteiger partial charge < -0.3 is 5.32 Å². The van der Waals surface area contributed by atoms with Crippen molar-refractivity contribution in [1.82, 2.24) is 14.8 Å². The van der Waals surface area contributed by atoms with E-state index < -0.39 is 0 Å². The Morgan fingerprint density at radius 3 is 2.33 bits per heavy atom. The second kappa shape index (κ2) is 7.95. The molecule has 4 rings (SSSR count). The number of aryl methyl sites for hydroxylation is 3. The zero-order valence-electron chi connectivity index (χ0n) is 17.6. The lowest BCUT2D eigenvalue weighted by Gasteiger charge is -2.11. The highest BCUT2D eigenvalue weighted by Crippen LogP contribution is 2.25. The average molecular weight is 396 g/mol. The third-order valence-electron chi connectivity index (χ3n) is 5.20. The van der Waals surface area contributed by atoms with Crippen molar-refractivity contribution >= 4 is 11.6 Å². The van der Waals surface area contributed by atoms with Crippen LogP contribution < -0.4 is 5.32 Å². The molecule has 1 N–H and O–H groups in total. The van der Waals surface area contributed by atoms with Crippen LogP contribution >= 0.6 is 0 Å². The summed E-state index contributed by atoms with van der Waals surface area (Å²) in [7, 11) is 0. The molecule has 5 heteroatoms. The Labute approximate surface area is 176 Å². The number of benzene rings is 3. The maximum Gasteiger partial charge on any atom is 0.295 e. The third kappa shape index (κ3) is 3.87. The zero-order chi connectivity index (χ0) is 21.3. The summed E-state index contributed by atoms with van der Waals surface area (Å²) in [6, 6.07) is 21.8. The van der Waals surface area contributed by atoms with Crippen molar-refractivity contribution in [2.75, 3.05) is 5.32 Å². The molecule has 1 aromatic heterocycles. The van der Waals surface area contributed by atoms with Gasteiger partial charge in [0.25, 0.3) is 5.91 Å². The van der Waals surface area contributed by atoms with Gasteiger partial charge >= 0.3 is 0 Å². The van der Waals surface area contributed by atoms with E-state index in [4.69, 9.17) is 0 Å². The standard InChI is InChI=1S/C25H24N4O/c1-16-11-13-20(14-12-16)24-27-23(25(30)26-21-9-5-7-17(2)15-21)28-29(24)22-10-6-8-18(3)19(22)4/h5-15H,1-4H3,(H,26,30). The number of aromatic nitrogens is 3. The monoisotopic (exact) mass is 396 g/mol. The van der Waals surface area contributed by atoms with Gasteiger partial charge in [-0.1, -0.05) is 54.1 Å². The van der Waals surface area contributed by atoms with Crippen LogP contribution in [-0.4, -0.2) is 20.7 Å². The minimum Gasteiger partial charge on any atom is -0.319 e. The topological polar surface area (TPSA) is 59.8 Å². The van der Waals surface area contributed by atoms with Crippen molar-refractivity contribution in [3.8, 4) is 17.1 Å². The fourth-order valence-electron chi connectivity index (χ4n) is 3.34. The summed E-state index contributed by atoms with van der Waals surface area (Å²) in [5, 5.41) is 7.49. The molecule has 0 saturated carbocycles. The van der Waals surface area contributed by atoms with Gasteiger partial charge in [-0.2, -0.15) is 0 Å². The van der Waals surface area contributed by atoms with Gasteiger partial charge in [0, 0.05) is 11.3 Å². The minimum absolute atomic E-state index is 0.132. The van der Waals surface area contributed by atoms with Crippen molar-refractivity contribution in [2.45, 2.75) is 27.7 Å². The predicted octanol–water partition coefficient (Wildman–Crippen LogP) is 5.42. The predicted molar refractivity (Wildman–Crippen MR) is 120 cm³/mol. The molecule has 0 radical (unpaired) electrons. The summed E-state index contributed by atoms with van der Waals surface area (Å²) in [6.07, 6.45) is 0. The number of hydrogen-bond donors (Lipinski definition) is 1. The molecule has 30 heavy (non-hydrogen) atoms. The molecule has 0 saturated heterocycles. The smallest absolute Gasteiger partial charge is 0.295 e. The highest BCUT2D eigenvalue weighted by molar-refractivity contribution is 6.01. The van der Waals surface area contributed by atoms with Crippen LogP contribution in [0.3, 0.4) is 0 Å². The van der Waals surface area contributed by atoms with E-state index in [0.717, 1.165) is 39.2 Å². The van der Waals surface area contributed by atoms with Crippen molar-refractivity contribution in [2.24, 2.45) is 0 Å². The van der Waals surface area contributed by atoms with Crippen molar-refractivity contribution in [3.63, 3.8) is 0 Å². The summed E-state index contributed by atoms with van der Waals surface area (Å²) in [5.41, 5.74) is 7.03. The largest absolute Gasteiger partial charge is 0.319 e. The Hall–Kier alpha value is -3.73. The van der Waals surface area contributed by atoms with Gasteiger partial charge in [0.15, 0.2) is 5.82 Å².